The van der Waals surface area contributed by atoms with Crippen LogP contribution in [0.25, 0.3) is 0 Å². The monoisotopic (exact) mass is 375 g/mol. The highest BCUT2D eigenvalue weighted by Gasteiger charge is 2.40. The first-order valence-corrected chi connectivity index (χ1v) is 7.46. The number of azo groups is 1. The van der Waals surface area contributed by atoms with Gasteiger partial charge in [0.05, 0.1) is 18.1 Å². The molecule has 0 saturated carbocycles. The number of hydrogen-bond donors (Lipinski definition) is 0. The lowest BCUT2D eigenvalue weighted by Gasteiger charge is -2.14. The Labute approximate surface area is 146 Å². The predicted molar refractivity (Wildman–Crippen MR) is 82.4 cm³/mol. The number of Topliss-reactive ketones (excluding diaryl/α,β-unsaturated/α-hetero) is 1. The maximum absolute atomic E-state index is 14.4. The molecule has 0 aliphatic rings. The Morgan fingerprint density at radius 1 is 1.23 bits per heavy atom. The molecule has 1 rings (SSSR count). The average molecular weight is 375 g/mol. The molecule has 1 unspecified atom stereocenters. The van der Waals surface area contributed by atoms with Crippen LogP contribution in [0.1, 0.15) is 29.3 Å². The van der Waals surface area contributed by atoms with E-state index in [0.29, 0.717) is 6.42 Å². The molecule has 0 radical (unpaired) electrons. The third-order valence-electron chi connectivity index (χ3n) is 3.40. The van der Waals surface area contributed by atoms with Crippen LogP contribution < -0.4 is 0 Å². The minimum absolute atomic E-state index is 0.0622. The van der Waals surface area contributed by atoms with E-state index in [2.05, 4.69) is 10.2 Å². The highest BCUT2D eigenvalue weighted by Crippen LogP contribution is 2.32. The van der Waals surface area contributed by atoms with Crippen LogP contribution in [0.3, 0.4) is 0 Å². The SMILES string of the molecule is CCCOC(=O)C(CN=NC)C(=O)c1c(F)c(C)c(F)c(F)c1[N+](=O)[O-]. The zero-order valence-corrected chi connectivity index (χ0v) is 14.2. The Morgan fingerprint density at radius 3 is 2.35 bits per heavy atom. The van der Waals surface area contributed by atoms with Crippen molar-refractivity contribution in [2.75, 3.05) is 20.2 Å². The second-order valence-corrected chi connectivity index (χ2v) is 5.16. The number of halogens is 3. The minimum Gasteiger partial charge on any atom is -0.465 e. The van der Waals surface area contributed by atoms with E-state index in [1.165, 1.54) is 7.05 Å². The molecule has 0 aromatic heterocycles. The third-order valence-corrected chi connectivity index (χ3v) is 3.40. The molecule has 0 bridgehead atoms. The van der Waals surface area contributed by atoms with Gasteiger partial charge in [0.2, 0.25) is 5.82 Å². The molecule has 1 atom stereocenters. The van der Waals surface area contributed by atoms with Crippen LogP contribution in [0, 0.1) is 40.4 Å². The molecule has 0 heterocycles. The van der Waals surface area contributed by atoms with Gasteiger partial charge in [0.25, 0.3) is 0 Å². The third kappa shape index (κ3) is 4.21. The van der Waals surface area contributed by atoms with Crippen molar-refractivity contribution in [3.63, 3.8) is 0 Å². The second-order valence-electron chi connectivity index (χ2n) is 5.16. The Balaban J connectivity index is 3.56. The lowest BCUT2D eigenvalue weighted by atomic mass is 9.94. The first kappa shape index (κ1) is 21.2. The van der Waals surface area contributed by atoms with Gasteiger partial charge in [0.1, 0.15) is 17.3 Å². The van der Waals surface area contributed by atoms with E-state index in [1.54, 1.807) is 6.92 Å². The van der Waals surface area contributed by atoms with Crippen LogP contribution in [0.5, 0.6) is 0 Å². The van der Waals surface area contributed by atoms with E-state index in [4.69, 9.17) is 4.74 Å². The highest BCUT2D eigenvalue weighted by atomic mass is 19.2. The number of ketones is 1. The van der Waals surface area contributed by atoms with Crippen molar-refractivity contribution >= 4 is 17.4 Å². The molecular weight excluding hydrogens is 359 g/mol. The van der Waals surface area contributed by atoms with Crippen LogP contribution in [0.4, 0.5) is 18.9 Å². The number of ether oxygens (including phenoxy) is 1. The van der Waals surface area contributed by atoms with E-state index in [0.717, 1.165) is 6.92 Å². The van der Waals surface area contributed by atoms with Gasteiger partial charge in [-0.15, -0.1) is 0 Å². The maximum atomic E-state index is 14.4. The van der Waals surface area contributed by atoms with Crippen molar-refractivity contribution in [2.45, 2.75) is 20.3 Å². The molecule has 0 aliphatic heterocycles. The first-order valence-electron chi connectivity index (χ1n) is 7.46. The highest BCUT2D eigenvalue weighted by molar-refractivity contribution is 6.11. The van der Waals surface area contributed by atoms with Gasteiger partial charge < -0.3 is 4.74 Å². The zero-order chi connectivity index (χ0) is 20.0. The summed E-state index contributed by atoms with van der Waals surface area (Å²) in [4.78, 5) is 34.3. The van der Waals surface area contributed by atoms with Crippen LogP contribution in [-0.2, 0) is 9.53 Å². The summed E-state index contributed by atoms with van der Waals surface area (Å²) in [6.45, 7) is 1.84. The van der Waals surface area contributed by atoms with Gasteiger partial charge in [0.15, 0.2) is 11.6 Å². The fraction of sp³-hybridized carbons (Fsp3) is 0.467. The smallest absolute Gasteiger partial charge is 0.321 e. The van der Waals surface area contributed by atoms with Crippen molar-refractivity contribution in [1.29, 1.82) is 0 Å². The molecule has 0 spiro atoms. The van der Waals surface area contributed by atoms with E-state index in [1.807, 2.05) is 0 Å². The number of carbonyl (C=O) groups excluding carboxylic acids is 2. The van der Waals surface area contributed by atoms with Crippen LogP contribution >= 0.6 is 0 Å². The largest absolute Gasteiger partial charge is 0.465 e. The summed E-state index contributed by atoms with van der Waals surface area (Å²) in [5.41, 5.74) is -3.94. The molecule has 0 saturated heterocycles. The molecule has 26 heavy (non-hydrogen) atoms. The van der Waals surface area contributed by atoms with Crippen molar-refractivity contribution in [3.8, 4) is 0 Å². The molecule has 0 fully saturated rings. The molecule has 0 amide bonds. The van der Waals surface area contributed by atoms with Gasteiger partial charge in [-0.2, -0.15) is 14.6 Å². The average Bonchev–Trinajstić information content (AvgIpc) is 2.60. The summed E-state index contributed by atoms with van der Waals surface area (Å²) in [6, 6.07) is 0. The molecule has 11 heteroatoms. The number of benzene rings is 1. The number of nitro groups is 1. The standard InChI is InChI=1S/C15H16F3N3O5/c1-4-5-26-15(23)8(6-20-19-3)14(22)9-10(16)7(2)11(17)12(18)13(9)21(24)25/h8H,4-6H2,1-3H3. The second kappa shape index (κ2) is 9.02. The molecule has 0 aliphatic carbocycles. The van der Waals surface area contributed by atoms with Crippen molar-refractivity contribution < 1.29 is 32.4 Å². The summed E-state index contributed by atoms with van der Waals surface area (Å²) in [6.07, 6.45) is 0.417. The minimum atomic E-state index is -1.99. The van der Waals surface area contributed by atoms with Crippen molar-refractivity contribution in [3.05, 3.63) is 38.7 Å². The summed E-state index contributed by atoms with van der Waals surface area (Å²) in [7, 11) is 1.24. The van der Waals surface area contributed by atoms with Gasteiger partial charge in [-0.05, 0) is 13.3 Å². The number of nitrogens with zero attached hydrogens (tertiary/aromatic N) is 3. The van der Waals surface area contributed by atoms with Crippen LogP contribution in [0.15, 0.2) is 10.2 Å². The van der Waals surface area contributed by atoms with E-state index in [-0.39, 0.29) is 6.61 Å². The number of carbonyl (C=O) groups is 2. The Morgan fingerprint density at radius 2 is 1.85 bits per heavy atom. The van der Waals surface area contributed by atoms with E-state index < -0.39 is 63.4 Å². The van der Waals surface area contributed by atoms with Gasteiger partial charge >= 0.3 is 11.7 Å². The molecule has 1 aromatic rings. The summed E-state index contributed by atoms with van der Waals surface area (Å²) < 4.78 is 46.7. The topological polar surface area (TPSA) is 111 Å². The Bertz CT molecular complexity index is 768. The predicted octanol–water partition coefficient (Wildman–Crippen LogP) is 3.15. The molecule has 1 aromatic carbocycles. The van der Waals surface area contributed by atoms with Gasteiger partial charge in [0, 0.05) is 12.6 Å². The number of esters is 1. The summed E-state index contributed by atoms with van der Waals surface area (Å²) >= 11 is 0. The fourth-order valence-corrected chi connectivity index (χ4v) is 2.07. The van der Waals surface area contributed by atoms with Gasteiger partial charge in [-0.1, -0.05) is 6.92 Å². The van der Waals surface area contributed by atoms with Crippen molar-refractivity contribution in [2.24, 2.45) is 16.1 Å². The fourth-order valence-electron chi connectivity index (χ4n) is 2.07. The zero-order valence-electron chi connectivity index (χ0n) is 14.2. The molecule has 0 N–H and O–H groups in total. The van der Waals surface area contributed by atoms with Gasteiger partial charge in [-0.25, -0.2) is 8.78 Å². The summed E-state index contributed by atoms with van der Waals surface area (Å²) in [5, 5.41) is 17.9. The molecule has 142 valence electrons. The molecular formula is C15H16F3N3O5. The van der Waals surface area contributed by atoms with Gasteiger partial charge in [-0.3, -0.25) is 19.7 Å². The number of hydrogen-bond acceptors (Lipinski definition) is 7. The van der Waals surface area contributed by atoms with E-state index >= 15 is 0 Å². The van der Waals surface area contributed by atoms with Crippen LogP contribution in [-0.4, -0.2) is 36.9 Å². The van der Waals surface area contributed by atoms with Crippen molar-refractivity contribution in [1.82, 2.24) is 0 Å². The number of rotatable bonds is 8. The van der Waals surface area contributed by atoms with E-state index in [9.17, 15) is 32.9 Å². The maximum Gasteiger partial charge on any atom is 0.321 e. The quantitative estimate of drug-likeness (QED) is 0.132. The lowest BCUT2D eigenvalue weighted by molar-refractivity contribution is -0.388. The Hall–Kier alpha value is -2.85. The Kier molecular flexibility index (Phi) is 7.35. The van der Waals surface area contributed by atoms with Crippen LogP contribution in [0.2, 0.25) is 0 Å². The normalized spacial score (nSPS) is 12.2. The number of nitro benzene ring substituents is 1. The summed E-state index contributed by atoms with van der Waals surface area (Å²) in [5.74, 6) is -9.76. The first-order chi connectivity index (χ1) is 12.2. The molecule has 8 nitrogen and oxygen atoms in total. The lowest BCUT2D eigenvalue weighted by Crippen LogP contribution is -2.31.